The van der Waals surface area contributed by atoms with Crippen LogP contribution in [0.4, 0.5) is 0 Å². The molecule has 0 aliphatic heterocycles. The molecule has 0 heterocycles. The topological polar surface area (TPSA) is 21.7 Å². The Morgan fingerprint density at radius 1 is 0.571 bits per heavy atom. The van der Waals surface area contributed by atoms with Crippen LogP contribution in [0.1, 0.15) is 207 Å². The van der Waals surface area contributed by atoms with Crippen molar-refractivity contribution in [3.8, 4) is 0 Å². The lowest BCUT2D eigenvalue weighted by molar-refractivity contribution is 0.0891. The summed E-state index contributed by atoms with van der Waals surface area (Å²) in [4.78, 5) is 2.24. The molecule has 0 bridgehead atoms. The molecule has 0 spiro atoms. The molecule has 49 heavy (non-hydrogen) atoms. The Morgan fingerprint density at radius 3 is 1.69 bits per heavy atom. The summed E-state index contributed by atoms with van der Waals surface area (Å²) in [7, 11) is 4.28. The van der Waals surface area contributed by atoms with Crippen LogP contribution in [0, 0.1) is 5.41 Å². The van der Waals surface area contributed by atoms with Gasteiger partial charge in [0.2, 0.25) is 0 Å². The highest BCUT2D eigenvalue weighted by molar-refractivity contribution is 4.88. The van der Waals surface area contributed by atoms with Crippen molar-refractivity contribution in [2.24, 2.45) is 5.41 Å². The first-order valence-corrected chi connectivity index (χ1v) is 21.3. The van der Waals surface area contributed by atoms with E-state index in [2.05, 4.69) is 84.2 Å². The lowest BCUT2D eigenvalue weighted by Gasteiger charge is -2.24. The third-order valence-corrected chi connectivity index (χ3v) is 9.91. The molecular weight excluding hydrogens is 599 g/mol. The highest BCUT2D eigenvalue weighted by Gasteiger charge is 2.16. The van der Waals surface area contributed by atoms with E-state index < -0.39 is 0 Å². The van der Waals surface area contributed by atoms with Gasteiger partial charge in [-0.15, -0.1) is 0 Å². The van der Waals surface area contributed by atoms with E-state index in [4.69, 9.17) is 9.47 Å². The lowest BCUT2D eigenvalue weighted by atomic mass is 9.82. The van der Waals surface area contributed by atoms with Crippen molar-refractivity contribution >= 4 is 0 Å². The summed E-state index contributed by atoms with van der Waals surface area (Å²) < 4.78 is 12.3. The fourth-order valence-electron chi connectivity index (χ4n) is 6.52. The van der Waals surface area contributed by atoms with Crippen LogP contribution in [0.15, 0.2) is 49.0 Å². The minimum absolute atomic E-state index is 0.332. The summed E-state index contributed by atoms with van der Waals surface area (Å²) in [5.41, 5.74) is 0.463. The summed E-state index contributed by atoms with van der Waals surface area (Å²) in [6.07, 6.45) is 45.1. The van der Waals surface area contributed by atoms with Crippen molar-refractivity contribution < 1.29 is 9.47 Å². The third-order valence-electron chi connectivity index (χ3n) is 9.91. The largest absolute Gasteiger partial charge is 0.495 e. The van der Waals surface area contributed by atoms with Gasteiger partial charge in [0.05, 0.1) is 17.6 Å². The summed E-state index contributed by atoms with van der Waals surface area (Å²) in [5.74, 6) is 1.93. The molecule has 0 rings (SSSR count). The van der Waals surface area contributed by atoms with Gasteiger partial charge in [-0.05, 0) is 110 Å². The van der Waals surface area contributed by atoms with Crippen LogP contribution in [0.2, 0.25) is 0 Å². The Balaban J connectivity index is 4.19. The summed E-state index contributed by atoms with van der Waals surface area (Å²) in [6, 6.07) is 0. The normalized spacial score (nSPS) is 12.8. The smallest absolute Gasteiger partial charge is 0.106 e. The number of hydrogen-bond acceptors (Lipinski definition) is 3. The number of allylic oxidation sites excluding steroid dienone is 5. The number of hydrogen-bond donors (Lipinski definition) is 0. The predicted octanol–water partition coefficient (Wildman–Crippen LogP) is 15.1. The van der Waals surface area contributed by atoms with Crippen molar-refractivity contribution in [2.45, 2.75) is 214 Å². The molecule has 0 aromatic heterocycles. The van der Waals surface area contributed by atoms with Crippen LogP contribution in [0.3, 0.4) is 0 Å². The van der Waals surface area contributed by atoms with Crippen molar-refractivity contribution in [3.63, 3.8) is 0 Å². The molecular formula is C46H87NO2. The molecule has 0 N–H and O–H groups in total. The van der Waals surface area contributed by atoms with Gasteiger partial charge in [0.25, 0.3) is 0 Å². The van der Waals surface area contributed by atoms with E-state index in [0.717, 1.165) is 43.7 Å². The molecule has 0 aliphatic rings. The molecule has 0 aromatic rings. The standard InChI is InChI=1S/C46H87NO2/c1-9-11-13-15-17-18-25-31-39-46(5,6)40-32-26-21-24-30-38-45(49-44(4)36-34-41-47(7)8)37-29-23-20-22-28-35-43(3)48-42-33-27-19-16-14-12-10-2/h18,25,27,33,45H,3-4,9-17,19-24,26,28-32,34-42H2,1-2,5-8H3/b25-18-,33-27-. The highest BCUT2D eigenvalue weighted by atomic mass is 16.5. The van der Waals surface area contributed by atoms with E-state index >= 15 is 0 Å². The predicted molar refractivity (Wildman–Crippen MR) is 220 cm³/mol. The van der Waals surface area contributed by atoms with Gasteiger partial charge in [-0.2, -0.15) is 0 Å². The summed E-state index contributed by atoms with van der Waals surface area (Å²) in [6.45, 7) is 19.7. The maximum absolute atomic E-state index is 6.47. The fourth-order valence-corrected chi connectivity index (χ4v) is 6.52. The van der Waals surface area contributed by atoms with Crippen molar-refractivity contribution in [3.05, 3.63) is 49.0 Å². The maximum atomic E-state index is 6.47. The zero-order valence-electron chi connectivity index (χ0n) is 34.3. The molecule has 0 saturated heterocycles. The molecule has 3 heteroatoms. The van der Waals surface area contributed by atoms with Crippen LogP contribution >= 0.6 is 0 Å². The lowest BCUT2D eigenvalue weighted by Crippen LogP contribution is -2.15. The van der Waals surface area contributed by atoms with Crippen molar-refractivity contribution in [1.82, 2.24) is 4.90 Å². The van der Waals surface area contributed by atoms with Gasteiger partial charge in [0.1, 0.15) is 6.61 Å². The monoisotopic (exact) mass is 686 g/mol. The minimum atomic E-state index is 0.332. The molecule has 288 valence electrons. The van der Waals surface area contributed by atoms with Crippen molar-refractivity contribution in [2.75, 3.05) is 27.2 Å². The second-order valence-electron chi connectivity index (χ2n) is 16.0. The van der Waals surface area contributed by atoms with Gasteiger partial charge >= 0.3 is 0 Å². The molecule has 1 atom stereocenters. The molecule has 0 saturated carbocycles. The van der Waals surface area contributed by atoms with Gasteiger partial charge in [-0.25, -0.2) is 0 Å². The first-order valence-electron chi connectivity index (χ1n) is 21.3. The van der Waals surface area contributed by atoms with Crippen LogP contribution in [0.5, 0.6) is 0 Å². The second kappa shape index (κ2) is 34.9. The molecule has 3 nitrogen and oxygen atoms in total. The Morgan fingerprint density at radius 2 is 1.08 bits per heavy atom. The number of nitrogens with zero attached hydrogens (tertiary/aromatic N) is 1. The maximum Gasteiger partial charge on any atom is 0.106 e. The molecule has 0 aromatic carbocycles. The van der Waals surface area contributed by atoms with Crippen LogP contribution in [-0.2, 0) is 9.47 Å². The average molecular weight is 686 g/mol. The van der Waals surface area contributed by atoms with Crippen LogP contribution < -0.4 is 0 Å². The molecule has 0 amide bonds. The van der Waals surface area contributed by atoms with E-state index in [1.807, 2.05) is 0 Å². The Bertz CT molecular complexity index is 795. The van der Waals surface area contributed by atoms with E-state index in [-0.39, 0.29) is 0 Å². The quantitative estimate of drug-likeness (QED) is 0.0367. The van der Waals surface area contributed by atoms with Crippen LogP contribution in [-0.4, -0.2) is 38.3 Å². The number of ether oxygens (including phenoxy) is 2. The average Bonchev–Trinajstić information content (AvgIpc) is 3.05. The molecule has 0 radical (unpaired) electrons. The number of unbranched alkanes of at least 4 members (excludes halogenated alkanes) is 16. The van der Waals surface area contributed by atoms with Gasteiger partial charge in [0, 0.05) is 12.8 Å². The fraction of sp³-hybridized carbons (Fsp3) is 0.826. The van der Waals surface area contributed by atoms with Gasteiger partial charge in [0.15, 0.2) is 0 Å². The molecule has 1 unspecified atom stereocenters. The minimum Gasteiger partial charge on any atom is -0.495 e. The SMILES string of the molecule is C=C(CCCCCCCC(CCCCCCCC(C)(C)CC/C=C\CCCCCC)OC(=C)CCCN(C)C)OC/C=C\CCCCCC. The number of rotatable bonds is 38. The molecule has 0 aliphatic carbocycles. The second-order valence-corrected chi connectivity index (χ2v) is 16.0. The van der Waals surface area contributed by atoms with Crippen LogP contribution in [0.25, 0.3) is 0 Å². The summed E-state index contributed by atoms with van der Waals surface area (Å²) >= 11 is 0. The zero-order chi connectivity index (χ0) is 36.3. The van der Waals surface area contributed by atoms with E-state index in [9.17, 15) is 0 Å². The third kappa shape index (κ3) is 36.1. The first-order chi connectivity index (χ1) is 23.7. The van der Waals surface area contributed by atoms with E-state index in [1.165, 1.54) is 154 Å². The highest BCUT2D eigenvalue weighted by Crippen LogP contribution is 2.30. The van der Waals surface area contributed by atoms with Gasteiger partial charge < -0.3 is 14.4 Å². The Labute approximate surface area is 308 Å². The summed E-state index contributed by atoms with van der Waals surface area (Å²) in [5, 5.41) is 0. The zero-order valence-corrected chi connectivity index (χ0v) is 34.3. The van der Waals surface area contributed by atoms with Gasteiger partial charge in [-0.3, -0.25) is 0 Å². The van der Waals surface area contributed by atoms with E-state index in [1.54, 1.807) is 0 Å². The Kier molecular flexibility index (Phi) is 33.9. The molecule has 0 fully saturated rings. The van der Waals surface area contributed by atoms with Gasteiger partial charge in [-0.1, -0.05) is 149 Å². The Hall–Kier alpha value is -1.48. The van der Waals surface area contributed by atoms with Crippen molar-refractivity contribution in [1.29, 1.82) is 0 Å². The first kappa shape index (κ1) is 47.5. The van der Waals surface area contributed by atoms with E-state index in [0.29, 0.717) is 18.1 Å².